The third kappa shape index (κ3) is 3.47. The second kappa shape index (κ2) is 6.40. The zero-order chi connectivity index (χ0) is 13.6. The molecule has 1 rings (SSSR count). The van der Waals surface area contributed by atoms with E-state index in [4.69, 9.17) is 9.84 Å². The van der Waals surface area contributed by atoms with Crippen LogP contribution in [0.15, 0.2) is 24.3 Å². The van der Waals surface area contributed by atoms with Crippen molar-refractivity contribution < 1.29 is 14.6 Å². The van der Waals surface area contributed by atoms with E-state index in [9.17, 15) is 4.79 Å². The summed E-state index contributed by atoms with van der Waals surface area (Å²) in [5.41, 5.74) is 0.339. The normalized spacial score (nSPS) is 11.1. The van der Waals surface area contributed by atoms with E-state index in [1.54, 1.807) is 7.11 Å². The maximum atomic E-state index is 12.1. The Morgan fingerprint density at radius 1 is 1.33 bits per heavy atom. The maximum Gasteiger partial charge on any atom is 0.230 e. The molecule has 2 N–H and O–H groups in total. The number of carbonyl (C=O) groups is 1. The molecule has 1 aromatic rings. The van der Waals surface area contributed by atoms with Gasteiger partial charge in [0.05, 0.1) is 12.5 Å². The van der Waals surface area contributed by atoms with E-state index >= 15 is 0 Å². The number of carbonyl (C=O) groups excluding carboxylic acids is 1. The molecule has 0 unspecified atom stereocenters. The van der Waals surface area contributed by atoms with Crippen molar-refractivity contribution in [1.82, 2.24) is 5.32 Å². The van der Waals surface area contributed by atoms with E-state index in [1.165, 1.54) is 0 Å². The topological polar surface area (TPSA) is 58.6 Å². The van der Waals surface area contributed by atoms with Crippen LogP contribution < -0.4 is 10.1 Å². The lowest BCUT2D eigenvalue weighted by molar-refractivity contribution is -0.125. The van der Waals surface area contributed by atoms with Crippen LogP contribution in [-0.2, 0) is 10.2 Å². The molecule has 0 heterocycles. The molecule has 0 aliphatic heterocycles. The average Bonchev–Trinajstić information content (AvgIpc) is 2.39. The van der Waals surface area contributed by atoms with Crippen molar-refractivity contribution in [2.24, 2.45) is 0 Å². The summed E-state index contributed by atoms with van der Waals surface area (Å²) in [6.07, 6.45) is 0.574. The van der Waals surface area contributed by atoms with Crippen LogP contribution in [0, 0.1) is 0 Å². The smallest absolute Gasteiger partial charge is 0.230 e. The van der Waals surface area contributed by atoms with Gasteiger partial charge in [0.2, 0.25) is 5.91 Å². The van der Waals surface area contributed by atoms with Gasteiger partial charge in [0.25, 0.3) is 0 Å². The highest BCUT2D eigenvalue weighted by Crippen LogP contribution is 2.25. The summed E-state index contributed by atoms with van der Waals surface area (Å²) in [6.45, 7) is 4.34. The molecular weight excluding hydrogens is 230 g/mol. The monoisotopic (exact) mass is 251 g/mol. The molecule has 0 bridgehead atoms. The van der Waals surface area contributed by atoms with Gasteiger partial charge in [0.15, 0.2) is 0 Å². The minimum Gasteiger partial charge on any atom is -0.497 e. The summed E-state index contributed by atoms with van der Waals surface area (Å²) >= 11 is 0. The first-order valence-corrected chi connectivity index (χ1v) is 6.06. The Kier molecular flexibility index (Phi) is 5.16. The fraction of sp³-hybridized carbons (Fsp3) is 0.500. The van der Waals surface area contributed by atoms with Crippen molar-refractivity contribution in [3.63, 3.8) is 0 Å². The molecule has 4 heteroatoms. The Labute approximate surface area is 108 Å². The lowest BCUT2D eigenvalue weighted by atomic mass is 9.83. The number of methoxy groups -OCH3 is 1. The minimum absolute atomic E-state index is 0.0406. The van der Waals surface area contributed by atoms with Gasteiger partial charge < -0.3 is 15.2 Å². The zero-order valence-corrected chi connectivity index (χ0v) is 11.2. The summed E-state index contributed by atoms with van der Waals surface area (Å²) < 4.78 is 5.09. The van der Waals surface area contributed by atoms with Crippen LogP contribution in [-0.4, -0.2) is 31.3 Å². The summed E-state index contributed by atoms with van der Waals surface area (Å²) in [4.78, 5) is 12.1. The minimum atomic E-state index is -0.596. The van der Waals surface area contributed by atoms with Gasteiger partial charge in [-0.1, -0.05) is 12.1 Å². The van der Waals surface area contributed by atoms with Crippen LogP contribution in [0.4, 0.5) is 0 Å². The molecule has 0 fully saturated rings. The predicted octanol–water partition coefficient (Wildman–Crippen LogP) is 1.47. The molecule has 0 aromatic heterocycles. The lowest BCUT2D eigenvalue weighted by Crippen LogP contribution is -2.40. The van der Waals surface area contributed by atoms with Gasteiger partial charge in [-0.15, -0.1) is 0 Å². The molecule has 1 aromatic carbocycles. The van der Waals surface area contributed by atoms with Crippen LogP contribution >= 0.6 is 0 Å². The van der Waals surface area contributed by atoms with Gasteiger partial charge in [-0.2, -0.15) is 0 Å². The van der Waals surface area contributed by atoms with E-state index in [0.29, 0.717) is 13.0 Å². The number of nitrogens with one attached hydrogen (secondary N) is 1. The van der Waals surface area contributed by atoms with E-state index in [-0.39, 0.29) is 12.5 Å². The largest absolute Gasteiger partial charge is 0.497 e. The number of aliphatic hydroxyl groups excluding tert-OH is 1. The molecule has 0 saturated heterocycles. The summed E-state index contributed by atoms with van der Waals surface area (Å²) in [5, 5.41) is 11.5. The van der Waals surface area contributed by atoms with E-state index < -0.39 is 5.41 Å². The van der Waals surface area contributed by atoms with E-state index in [1.807, 2.05) is 38.1 Å². The molecule has 0 aliphatic rings. The van der Waals surface area contributed by atoms with Gasteiger partial charge in [-0.25, -0.2) is 0 Å². The molecule has 18 heavy (non-hydrogen) atoms. The Hall–Kier alpha value is -1.55. The van der Waals surface area contributed by atoms with Gasteiger partial charge in [-0.05, 0) is 38.0 Å². The highest BCUT2D eigenvalue weighted by molar-refractivity contribution is 5.87. The Bertz CT molecular complexity index is 385. The number of ether oxygens (including phenoxy) is 1. The Morgan fingerprint density at radius 2 is 1.94 bits per heavy atom. The zero-order valence-electron chi connectivity index (χ0n) is 11.2. The van der Waals surface area contributed by atoms with Crippen LogP contribution in [0.1, 0.15) is 25.8 Å². The summed E-state index contributed by atoms with van der Waals surface area (Å²) in [7, 11) is 1.61. The second-order valence-corrected chi connectivity index (χ2v) is 4.69. The second-order valence-electron chi connectivity index (χ2n) is 4.69. The summed E-state index contributed by atoms with van der Waals surface area (Å²) in [6, 6.07) is 7.48. The number of benzene rings is 1. The molecule has 100 valence electrons. The first-order valence-electron chi connectivity index (χ1n) is 6.06. The van der Waals surface area contributed by atoms with Crippen LogP contribution in [0.25, 0.3) is 0 Å². The lowest BCUT2D eigenvalue weighted by Gasteiger charge is -2.24. The molecule has 1 amide bonds. The van der Waals surface area contributed by atoms with Crippen molar-refractivity contribution >= 4 is 5.91 Å². The van der Waals surface area contributed by atoms with Gasteiger partial charge in [-0.3, -0.25) is 4.79 Å². The predicted molar refractivity (Wildman–Crippen MR) is 70.7 cm³/mol. The molecule has 0 aliphatic carbocycles. The molecular formula is C14H21NO3. The SMILES string of the molecule is COc1ccc(C(C)(C)C(=O)NCCCO)cc1. The average molecular weight is 251 g/mol. The molecule has 0 atom stereocenters. The number of hydrogen-bond donors (Lipinski definition) is 2. The van der Waals surface area contributed by atoms with Crippen LogP contribution in [0.5, 0.6) is 5.75 Å². The van der Waals surface area contributed by atoms with Crippen molar-refractivity contribution in [2.75, 3.05) is 20.3 Å². The fourth-order valence-electron chi connectivity index (χ4n) is 1.64. The highest BCUT2D eigenvalue weighted by atomic mass is 16.5. The number of amides is 1. The fourth-order valence-corrected chi connectivity index (χ4v) is 1.64. The first-order chi connectivity index (χ1) is 8.52. The van der Waals surface area contributed by atoms with Crippen molar-refractivity contribution in [1.29, 1.82) is 0 Å². The molecule has 0 radical (unpaired) electrons. The first kappa shape index (κ1) is 14.5. The highest BCUT2D eigenvalue weighted by Gasteiger charge is 2.29. The van der Waals surface area contributed by atoms with Gasteiger partial charge in [0.1, 0.15) is 5.75 Å². The third-order valence-electron chi connectivity index (χ3n) is 3.00. The van der Waals surface area contributed by atoms with E-state index in [2.05, 4.69) is 5.32 Å². The molecule has 0 spiro atoms. The van der Waals surface area contributed by atoms with E-state index in [0.717, 1.165) is 11.3 Å². The van der Waals surface area contributed by atoms with Crippen molar-refractivity contribution in [2.45, 2.75) is 25.7 Å². The quantitative estimate of drug-likeness (QED) is 0.753. The van der Waals surface area contributed by atoms with Crippen LogP contribution in [0.2, 0.25) is 0 Å². The number of aliphatic hydroxyl groups is 1. The van der Waals surface area contributed by atoms with Gasteiger partial charge in [0, 0.05) is 13.2 Å². The Balaban J connectivity index is 2.74. The summed E-state index contributed by atoms with van der Waals surface area (Å²) in [5.74, 6) is 0.733. The van der Waals surface area contributed by atoms with Crippen molar-refractivity contribution in [3.8, 4) is 5.75 Å². The van der Waals surface area contributed by atoms with Crippen LogP contribution in [0.3, 0.4) is 0 Å². The number of rotatable bonds is 6. The molecule has 4 nitrogen and oxygen atoms in total. The third-order valence-corrected chi connectivity index (χ3v) is 3.00. The standard InChI is InChI=1S/C14H21NO3/c1-14(2,13(17)15-9-4-10-16)11-5-7-12(18-3)8-6-11/h5-8,16H,4,9-10H2,1-3H3,(H,15,17). The number of hydrogen-bond acceptors (Lipinski definition) is 3. The molecule has 0 saturated carbocycles. The van der Waals surface area contributed by atoms with Gasteiger partial charge >= 0.3 is 0 Å². The van der Waals surface area contributed by atoms with Crippen molar-refractivity contribution in [3.05, 3.63) is 29.8 Å². The Morgan fingerprint density at radius 3 is 2.44 bits per heavy atom. The maximum absolute atomic E-state index is 12.1.